The van der Waals surface area contributed by atoms with Crippen LogP contribution in [0.25, 0.3) is 0 Å². The minimum Gasteiger partial charge on any atom is -0.289 e. The van der Waals surface area contributed by atoms with Crippen molar-refractivity contribution in [1.82, 2.24) is 0 Å². The summed E-state index contributed by atoms with van der Waals surface area (Å²) >= 11 is 8.95. The normalized spacial score (nSPS) is 10.4. The first-order chi connectivity index (χ1) is 8.47. The Morgan fingerprint density at radius 2 is 1.67 bits per heavy atom. The SMILES string of the molecule is O=C(c1cc(F)cc(F)c1)c1ccc(Cl)cc1Br. The van der Waals surface area contributed by atoms with Gasteiger partial charge >= 0.3 is 0 Å². The van der Waals surface area contributed by atoms with Gasteiger partial charge in [0.15, 0.2) is 5.78 Å². The molecular formula is C13H6BrClF2O. The van der Waals surface area contributed by atoms with Crippen LogP contribution in [-0.2, 0) is 0 Å². The molecular weight excluding hydrogens is 325 g/mol. The molecule has 0 amide bonds. The number of benzene rings is 2. The molecule has 1 nitrogen and oxygen atoms in total. The van der Waals surface area contributed by atoms with Crippen LogP contribution in [0.4, 0.5) is 8.78 Å². The molecule has 2 aromatic rings. The zero-order valence-electron chi connectivity index (χ0n) is 8.88. The molecule has 0 aliphatic rings. The molecule has 5 heteroatoms. The summed E-state index contributed by atoms with van der Waals surface area (Å²) in [6.45, 7) is 0. The molecule has 0 atom stereocenters. The van der Waals surface area contributed by atoms with E-state index in [0.717, 1.165) is 12.1 Å². The summed E-state index contributed by atoms with van der Waals surface area (Å²) in [7, 11) is 0. The molecule has 0 fully saturated rings. The number of hydrogen-bond donors (Lipinski definition) is 0. The van der Waals surface area contributed by atoms with E-state index in [1.54, 1.807) is 6.07 Å². The van der Waals surface area contributed by atoms with Crippen LogP contribution in [-0.4, -0.2) is 5.78 Å². The molecule has 0 radical (unpaired) electrons. The predicted molar refractivity (Wildman–Crippen MR) is 68.9 cm³/mol. The molecule has 0 saturated heterocycles. The first-order valence-electron chi connectivity index (χ1n) is 4.93. The van der Waals surface area contributed by atoms with Gasteiger partial charge in [0.1, 0.15) is 11.6 Å². The highest BCUT2D eigenvalue weighted by atomic mass is 79.9. The van der Waals surface area contributed by atoms with Gasteiger partial charge in [-0.2, -0.15) is 0 Å². The van der Waals surface area contributed by atoms with Crippen molar-refractivity contribution >= 4 is 33.3 Å². The van der Waals surface area contributed by atoms with E-state index in [1.165, 1.54) is 12.1 Å². The largest absolute Gasteiger partial charge is 0.289 e. The Kier molecular flexibility index (Phi) is 3.78. The van der Waals surface area contributed by atoms with Crippen LogP contribution < -0.4 is 0 Å². The molecule has 0 saturated carbocycles. The summed E-state index contributed by atoms with van der Waals surface area (Å²) in [4.78, 5) is 12.1. The van der Waals surface area contributed by atoms with Gasteiger partial charge in [-0.05, 0) is 46.3 Å². The van der Waals surface area contributed by atoms with Crippen molar-refractivity contribution in [3.05, 3.63) is 68.7 Å². The van der Waals surface area contributed by atoms with Gasteiger partial charge in [-0.25, -0.2) is 8.78 Å². The third-order valence-corrected chi connectivity index (χ3v) is 3.19. The fraction of sp³-hybridized carbons (Fsp3) is 0. The fourth-order valence-corrected chi connectivity index (χ4v) is 2.38. The van der Waals surface area contributed by atoms with E-state index in [9.17, 15) is 13.6 Å². The van der Waals surface area contributed by atoms with E-state index < -0.39 is 17.4 Å². The maximum atomic E-state index is 13.0. The van der Waals surface area contributed by atoms with Gasteiger partial charge < -0.3 is 0 Å². The van der Waals surface area contributed by atoms with Gasteiger partial charge in [0.2, 0.25) is 0 Å². The van der Waals surface area contributed by atoms with Crippen LogP contribution in [0.15, 0.2) is 40.9 Å². The lowest BCUT2D eigenvalue weighted by Crippen LogP contribution is -2.03. The molecule has 0 N–H and O–H groups in total. The lowest BCUT2D eigenvalue weighted by Gasteiger charge is -2.05. The molecule has 0 bridgehead atoms. The van der Waals surface area contributed by atoms with E-state index in [-0.39, 0.29) is 5.56 Å². The number of rotatable bonds is 2. The number of carbonyl (C=O) groups excluding carboxylic acids is 1. The zero-order chi connectivity index (χ0) is 13.3. The maximum absolute atomic E-state index is 13.0. The molecule has 0 aliphatic carbocycles. The van der Waals surface area contributed by atoms with E-state index in [4.69, 9.17) is 11.6 Å². The minimum absolute atomic E-state index is 0.0458. The van der Waals surface area contributed by atoms with Crippen LogP contribution in [0.1, 0.15) is 15.9 Å². The highest BCUT2D eigenvalue weighted by Gasteiger charge is 2.14. The van der Waals surface area contributed by atoms with Crippen molar-refractivity contribution in [2.75, 3.05) is 0 Å². The number of ketones is 1. The highest BCUT2D eigenvalue weighted by Crippen LogP contribution is 2.24. The standard InChI is InChI=1S/C13H6BrClF2O/c14-12-5-8(15)1-2-11(12)13(18)7-3-9(16)6-10(17)4-7/h1-6H. The molecule has 2 aromatic carbocycles. The number of carbonyl (C=O) groups is 1. The maximum Gasteiger partial charge on any atom is 0.194 e. The molecule has 0 aromatic heterocycles. The Balaban J connectivity index is 2.47. The second-order valence-electron chi connectivity index (χ2n) is 3.61. The number of hydrogen-bond acceptors (Lipinski definition) is 1. The summed E-state index contributed by atoms with van der Waals surface area (Å²) in [6, 6.07) is 7.28. The summed E-state index contributed by atoms with van der Waals surface area (Å²) < 4.78 is 26.6. The van der Waals surface area contributed by atoms with Crippen molar-refractivity contribution in [3.63, 3.8) is 0 Å². The van der Waals surface area contributed by atoms with Gasteiger partial charge in [-0.1, -0.05) is 11.6 Å². The van der Waals surface area contributed by atoms with Gasteiger partial charge in [-0.3, -0.25) is 4.79 Å². The van der Waals surface area contributed by atoms with Gasteiger partial charge in [0.05, 0.1) is 0 Å². The molecule has 2 rings (SSSR count). The van der Waals surface area contributed by atoms with E-state index >= 15 is 0 Å². The van der Waals surface area contributed by atoms with Crippen molar-refractivity contribution in [1.29, 1.82) is 0 Å². The van der Waals surface area contributed by atoms with Crippen molar-refractivity contribution in [2.24, 2.45) is 0 Å². The molecule has 0 heterocycles. The van der Waals surface area contributed by atoms with Crippen LogP contribution in [0.2, 0.25) is 5.02 Å². The van der Waals surface area contributed by atoms with Crippen molar-refractivity contribution < 1.29 is 13.6 Å². The molecule has 18 heavy (non-hydrogen) atoms. The van der Waals surface area contributed by atoms with E-state index in [2.05, 4.69) is 15.9 Å². The Morgan fingerprint density at radius 1 is 1.06 bits per heavy atom. The van der Waals surface area contributed by atoms with E-state index in [1.807, 2.05) is 0 Å². The second kappa shape index (κ2) is 5.16. The Bertz CT molecular complexity index is 608. The fourth-order valence-electron chi connectivity index (χ4n) is 1.51. The topological polar surface area (TPSA) is 17.1 Å². The lowest BCUT2D eigenvalue weighted by molar-refractivity contribution is 0.103. The first-order valence-corrected chi connectivity index (χ1v) is 6.10. The predicted octanol–water partition coefficient (Wildman–Crippen LogP) is 4.61. The quantitative estimate of drug-likeness (QED) is 0.734. The van der Waals surface area contributed by atoms with Crippen LogP contribution >= 0.6 is 27.5 Å². The molecule has 0 aliphatic heterocycles. The molecule has 92 valence electrons. The minimum atomic E-state index is -0.788. The third kappa shape index (κ3) is 2.76. The van der Waals surface area contributed by atoms with Gasteiger partial charge in [0, 0.05) is 26.7 Å². The van der Waals surface area contributed by atoms with Crippen molar-refractivity contribution in [2.45, 2.75) is 0 Å². The third-order valence-electron chi connectivity index (χ3n) is 2.30. The summed E-state index contributed by atoms with van der Waals surface area (Å²) in [6.07, 6.45) is 0. The average Bonchev–Trinajstić information content (AvgIpc) is 2.26. The summed E-state index contributed by atoms with van der Waals surface area (Å²) in [5.41, 5.74) is 0.250. The second-order valence-corrected chi connectivity index (χ2v) is 4.90. The zero-order valence-corrected chi connectivity index (χ0v) is 11.2. The Morgan fingerprint density at radius 3 is 2.22 bits per heavy atom. The lowest BCUT2D eigenvalue weighted by atomic mass is 10.0. The summed E-state index contributed by atoms with van der Waals surface area (Å²) in [5, 5.41) is 0.462. The number of halogens is 4. The monoisotopic (exact) mass is 330 g/mol. The molecule has 0 unspecified atom stereocenters. The Hall–Kier alpha value is -1.26. The average molecular weight is 332 g/mol. The summed E-state index contributed by atoms with van der Waals surface area (Å²) in [5.74, 6) is -2.05. The van der Waals surface area contributed by atoms with Crippen LogP contribution in [0.5, 0.6) is 0 Å². The smallest absolute Gasteiger partial charge is 0.194 e. The molecule has 0 spiro atoms. The van der Waals surface area contributed by atoms with E-state index in [0.29, 0.717) is 21.1 Å². The van der Waals surface area contributed by atoms with Crippen molar-refractivity contribution in [3.8, 4) is 0 Å². The Labute approximate surface area is 116 Å². The van der Waals surface area contributed by atoms with Gasteiger partial charge in [0.25, 0.3) is 0 Å². The highest BCUT2D eigenvalue weighted by molar-refractivity contribution is 9.10. The first kappa shape index (κ1) is 13.2. The van der Waals surface area contributed by atoms with Gasteiger partial charge in [-0.15, -0.1) is 0 Å². The van der Waals surface area contributed by atoms with Crippen LogP contribution in [0.3, 0.4) is 0 Å². The van der Waals surface area contributed by atoms with Crippen LogP contribution in [0, 0.1) is 11.6 Å².